The number of alkyl halides is 4. The Bertz CT molecular complexity index is 1460. The Morgan fingerprint density at radius 3 is 2.40 bits per heavy atom. The number of likely N-dealkylation sites (N-methyl/N-ethyl adjacent to an activating group) is 1. The number of halogens is 5. The highest BCUT2D eigenvalue weighted by Gasteiger charge is 2.52. The Kier molecular flexibility index (Phi) is 7.93. The number of rotatable bonds is 10. The number of sulfonamides is 1. The maximum Gasteiger partial charge on any atom is 0.313 e. The third-order valence-electron chi connectivity index (χ3n) is 7.92. The van der Waals surface area contributed by atoms with Gasteiger partial charge in [0.1, 0.15) is 27.8 Å². The number of pyridine rings is 1. The van der Waals surface area contributed by atoms with E-state index in [1.54, 1.807) is 0 Å². The quantitative estimate of drug-likeness (QED) is 0.321. The molecule has 2 saturated carbocycles. The second-order valence-electron chi connectivity index (χ2n) is 11.4. The summed E-state index contributed by atoms with van der Waals surface area (Å²) in [6.07, 6.45) is -0.923. The molecule has 42 heavy (non-hydrogen) atoms. The summed E-state index contributed by atoms with van der Waals surface area (Å²) in [5.74, 6) is -7.68. The maximum atomic E-state index is 13.9. The van der Waals surface area contributed by atoms with Crippen molar-refractivity contribution in [2.24, 2.45) is 5.41 Å². The van der Waals surface area contributed by atoms with Gasteiger partial charge in [0.25, 0.3) is 0 Å². The lowest BCUT2D eigenvalue weighted by molar-refractivity contribution is -0.144. The molecule has 0 radical (unpaired) electrons. The third kappa shape index (κ3) is 6.32. The first-order valence-electron chi connectivity index (χ1n) is 13.3. The number of anilines is 2. The molecule has 1 N–H and O–H groups in total. The summed E-state index contributed by atoms with van der Waals surface area (Å²) < 4.78 is 103. The van der Waals surface area contributed by atoms with E-state index in [1.807, 2.05) is 0 Å². The highest BCUT2D eigenvalue weighted by atomic mass is 32.2. The average molecular weight is 636 g/mol. The molecular weight excluding hydrogens is 605 g/mol. The lowest BCUT2D eigenvalue weighted by Gasteiger charge is -2.34. The number of aliphatic carboxylic acids is 1. The monoisotopic (exact) mass is 635 g/mol. The van der Waals surface area contributed by atoms with Crippen LogP contribution in [0.1, 0.15) is 45.4 Å². The standard InChI is InChI=1S/C27H30F5N3O5S2/c1-25(29,30)8-7-18-14-35(17-5-3-16(28)4-6-17)22-21(42(38,39)34(18)2)11-20(40-15-26(9-10-26)24(36)37)23(33-22)41-19-12-27(31,32)13-19/h3-6,11,18-19H,7-10,12-15H2,1-2H3,(H,36,37)/t18-/m0/s1. The van der Waals surface area contributed by atoms with E-state index in [9.17, 15) is 40.3 Å². The first-order valence-corrected chi connectivity index (χ1v) is 15.7. The summed E-state index contributed by atoms with van der Waals surface area (Å²) in [6, 6.07) is 5.39. The number of ether oxygens (including phenoxy) is 1. The number of thioether (sulfide) groups is 1. The van der Waals surface area contributed by atoms with Crippen molar-refractivity contribution in [3.05, 3.63) is 36.1 Å². The van der Waals surface area contributed by atoms with Crippen molar-refractivity contribution in [3.8, 4) is 5.75 Å². The molecule has 5 rings (SSSR count). The number of carbonyl (C=O) groups is 1. The fraction of sp³-hybridized carbons (Fsp3) is 0.556. The zero-order valence-corrected chi connectivity index (χ0v) is 24.5. The highest BCUT2D eigenvalue weighted by molar-refractivity contribution is 8.00. The van der Waals surface area contributed by atoms with Crippen molar-refractivity contribution in [2.75, 3.05) is 25.1 Å². The van der Waals surface area contributed by atoms with Gasteiger partial charge in [0.2, 0.25) is 21.9 Å². The third-order valence-corrected chi connectivity index (χ3v) is 11.0. The first-order chi connectivity index (χ1) is 19.5. The van der Waals surface area contributed by atoms with Gasteiger partial charge >= 0.3 is 5.97 Å². The Morgan fingerprint density at radius 1 is 1.21 bits per heavy atom. The van der Waals surface area contributed by atoms with Crippen LogP contribution in [0.4, 0.5) is 33.5 Å². The van der Waals surface area contributed by atoms with Gasteiger partial charge in [-0.05, 0) is 50.5 Å². The summed E-state index contributed by atoms with van der Waals surface area (Å²) in [5.41, 5.74) is -0.795. The van der Waals surface area contributed by atoms with Crippen LogP contribution in [0, 0.1) is 11.2 Å². The zero-order chi connectivity index (χ0) is 30.7. The Balaban J connectivity index is 1.61. The minimum Gasteiger partial charge on any atom is -0.490 e. The number of benzene rings is 1. The molecule has 2 fully saturated rings. The fourth-order valence-corrected chi connectivity index (χ4v) is 7.82. The summed E-state index contributed by atoms with van der Waals surface area (Å²) in [6.45, 7) is 0.363. The predicted molar refractivity (Wildman–Crippen MR) is 145 cm³/mol. The highest BCUT2D eigenvalue weighted by Crippen LogP contribution is 2.51. The van der Waals surface area contributed by atoms with Crippen molar-refractivity contribution < 1.29 is 45.0 Å². The van der Waals surface area contributed by atoms with Gasteiger partial charge in [0.05, 0.1) is 0 Å². The normalized spacial score (nSPS) is 23.0. The molecule has 3 aliphatic rings. The van der Waals surface area contributed by atoms with Gasteiger partial charge in [-0.25, -0.2) is 35.4 Å². The number of aromatic nitrogens is 1. The molecule has 2 heterocycles. The Morgan fingerprint density at radius 2 is 1.86 bits per heavy atom. The minimum absolute atomic E-state index is 0.0731. The molecule has 230 valence electrons. The van der Waals surface area contributed by atoms with Crippen LogP contribution in [0.5, 0.6) is 5.75 Å². The summed E-state index contributed by atoms with van der Waals surface area (Å²) in [4.78, 5) is 17.5. The number of carboxylic acid groups (broad SMARTS) is 1. The van der Waals surface area contributed by atoms with E-state index >= 15 is 0 Å². The number of carboxylic acids is 1. The van der Waals surface area contributed by atoms with Crippen LogP contribution in [-0.2, 0) is 14.8 Å². The summed E-state index contributed by atoms with van der Waals surface area (Å²) in [5, 5.41) is 9.14. The zero-order valence-electron chi connectivity index (χ0n) is 22.8. The summed E-state index contributed by atoms with van der Waals surface area (Å²) in [7, 11) is -3.10. The predicted octanol–water partition coefficient (Wildman–Crippen LogP) is 5.93. The van der Waals surface area contributed by atoms with Crippen molar-refractivity contribution in [1.29, 1.82) is 0 Å². The summed E-state index contributed by atoms with van der Waals surface area (Å²) >= 11 is 0.976. The van der Waals surface area contributed by atoms with E-state index in [0.29, 0.717) is 18.5 Å². The molecule has 0 spiro atoms. The molecule has 0 unspecified atom stereocenters. The van der Waals surface area contributed by atoms with Crippen LogP contribution in [0.3, 0.4) is 0 Å². The SMILES string of the molecule is CN1[C@@H](CCC(C)(F)F)CN(c2ccc(F)cc2)c2nc(SC3CC(F)(F)C3)c(OCC3(C(=O)O)CC3)cc2S1(=O)=O. The van der Waals surface area contributed by atoms with E-state index in [1.165, 1.54) is 30.1 Å². The smallest absolute Gasteiger partial charge is 0.313 e. The molecule has 0 amide bonds. The van der Waals surface area contributed by atoms with Crippen LogP contribution in [0.2, 0.25) is 0 Å². The lowest BCUT2D eigenvalue weighted by Crippen LogP contribution is -2.41. The number of hydrogen-bond acceptors (Lipinski definition) is 7. The molecule has 1 aliphatic heterocycles. The van der Waals surface area contributed by atoms with E-state index < -0.39 is 69.6 Å². The van der Waals surface area contributed by atoms with Crippen LogP contribution < -0.4 is 9.64 Å². The fourth-order valence-electron chi connectivity index (χ4n) is 4.96. The maximum absolute atomic E-state index is 13.9. The van der Waals surface area contributed by atoms with E-state index in [0.717, 1.165) is 35.1 Å². The first kappa shape index (κ1) is 30.8. The largest absolute Gasteiger partial charge is 0.490 e. The Labute approximate surface area is 244 Å². The minimum atomic E-state index is -4.37. The molecule has 1 aromatic heterocycles. The van der Waals surface area contributed by atoms with E-state index in [-0.39, 0.29) is 41.1 Å². The van der Waals surface area contributed by atoms with Gasteiger partial charge in [-0.3, -0.25) is 4.79 Å². The molecule has 15 heteroatoms. The molecule has 0 bridgehead atoms. The second kappa shape index (κ2) is 10.8. The van der Waals surface area contributed by atoms with Crippen LogP contribution in [0.15, 0.2) is 40.3 Å². The number of hydrogen-bond donors (Lipinski definition) is 1. The molecule has 0 saturated heterocycles. The van der Waals surface area contributed by atoms with Gasteiger partial charge in [0.15, 0.2) is 11.6 Å². The Hall–Kier alpha value is -2.65. The van der Waals surface area contributed by atoms with Crippen LogP contribution in [-0.4, -0.2) is 72.1 Å². The van der Waals surface area contributed by atoms with Gasteiger partial charge in [-0.1, -0.05) is 11.8 Å². The van der Waals surface area contributed by atoms with Crippen molar-refractivity contribution in [1.82, 2.24) is 9.29 Å². The van der Waals surface area contributed by atoms with Crippen molar-refractivity contribution >= 4 is 39.3 Å². The van der Waals surface area contributed by atoms with E-state index in [2.05, 4.69) is 4.98 Å². The van der Waals surface area contributed by atoms with Gasteiger partial charge < -0.3 is 14.7 Å². The molecular formula is C27H30F5N3O5S2. The number of nitrogens with zero attached hydrogens (tertiary/aromatic N) is 3. The van der Waals surface area contributed by atoms with Crippen LogP contribution >= 0.6 is 11.8 Å². The molecule has 2 aromatic rings. The number of fused-ring (bicyclic) bond motifs is 1. The van der Waals surface area contributed by atoms with Gasteiger partial charge in [-0.2, -0.15) is 4.31 Å². The van der Waals surface area contributed by atoms with Gasteiger partial charge in [0, 0.05) is 55.9 Å². The van der Waals surface area contributed by atoms with Crippen molar-refractivity contribution in [3.63, 3.8) is 0 Å². The van der Waals surface area contributed by atoms with Crippen molar-refractivity contribution in [2.45, 2.75) is 78.5 Å². The average Bonchev–Trinajstić information content (AvgIpc) is 3.68. The van der Waals surface area contributed by atoms with Gasteiger partial charge in [-0.15, -0.1) is 0 Å². The molecule has 8 nitrogen and oxygen atoms in total. The van der Waals surface area contributed by atoms with Crippen LogP contribution in [0.25, 0.3) is 0 Å². The molecule has 1 aromatic carbocycles. The molecule has 2 aliphatic carbocycles. The van der Waals surface area contributed by atoms with E-state index in [4.69, 9.17) is 4.74 Å². The second-order valence-corrected chi connectivity index (χ2v) is 14.6. The lowest BCUT2D eigenvalue weighted by atomic mass is 9.94. The molecule has 1 atom stereocenters. The topological polar surface area (TPSA) is 100 Å².